The molecule has 0 atom stereocenters. The van der Waals surface area contributed by atoms with E-state index in [-0.39, 0.29) is 18.9 Å². The minimum atomic E-state index is -0.961. The first-order valence-corrected chi connectivity index (χ1v) is 13.3. The molecule has 0 spiro atoms. The average molecular weight is 574 g/mol. The number of nitrogens with one attached hydrogen (secondary N) is 1. The summed E-state index contributed by atoms with van der Waals surface area (Å²) in [6.45, 7) is 0.528. The van der Waals surface area contributed by atoms with Crippen LogP contribution in [0.3, 0.4) is 0 Å². The number of ether oxygens (including phenoxy) is 1. The number of aliphatic carboxylic acids is 1. The molecule has 0 saturated carbocycles. The lowest BCUT2D eigenvalue weighted by atomic mass is 10.0. The van der Waals surface area contributed by atoms with Crippen LogP contribution in [0.2, 0.25) is 10.0 Å². The molecule has 0 aliphatic heterocycles. The number of methoxy groups -OCH3 is 1. The van der Waals surface area contributed by atoms with Crippen molar-refractivity contribution >= 4 is 46.0 Å². The number of fused-ring (bicyclic) bond motifs is 1. The van der Waals surface area contributed by atoms with E-state index in [4.69, 9.17) is 38.1 Å². The standard InChI is InChI=1S/C31H25Cl2N3O4/c1-40-26-9-6-20(7-10-26)22-8-11-27-28(16-22)36(35-30(27)23-14-24(32)17-25(33)15-23)18-19-2-4-21(5-3-19)31(39)34-13-12-29(37)38/h2-11,14-17H,12-13,18H2,1H3,(H,34,39)(H,37,38). The summed E-state index contributed by atoms with van der Waals surface area (Å²) in [5.74, 6) is -0.493. The number of hydrogen-bond acceptors (Lipinski definition) is 4. The molecule has 1 amide bonds. The maximum Gasteiger partial charge on any atom is 0.305 e. The molecule has 5 aromatic rings. The summed E-state index contributed by atoms with van der Waals surface area (Å²) >= 11 is 12.6. The van der Waals surface area contributed by atoms with Gasteiger partial charge in [0.05, 0.1) is 25.6 Å². The second-order valence-electron chi connectivity index (χ2n) is 9.22. The van der Waals surface area contributed by atoms with Crippen molar-refractivity contribution in [3.8, 4) is 28.1 Å². The van der Waals surface area contributed by atoms with Crippen molar-refractivity contribution in [3.63, 3.8) is 0 Å². The maximum absolute atomic E-state index is 12.3. The van der Waals surface area contributed by atoms with Gasteiger partial charge in [-0.25, -0.2) is 0 Å². The lowest BCUT2D eigenvalue weighted by molar-refractivity contribution is -0.136. The fourth-order valence-corrected chi connectivity index (χ4v) is 5.01. The Morgan fingerprint density at radius 3 is 2.20 bits per heavy atom. The summed E-state index contributed by atoms with van der Waals surface area (Å²) in [5.41, 5.74) is 5.96. The zero-order chi connectivity index (χ0) is 28.2. The zero-order valence-corrected chi connectivity index (χ0v) is 23.0. The third-order valence-electron chi connectivity index (χ3n) is 6.48. The Morgan fingerprint density at radius 1 is 0.875 bits per heavy atom. The highest BCUT2D eigenvalue weighted by atomic mass is 35.5. The second kappa shape index (κ2) is 11.8. The molecule has 0 radical (unpaired) electrons. The highest BCUT2D eigenvalue weighted by molar-refractivity contribution is 6.35. The van der Waals surface area contributed by atoms with Gasteiger partial charge in [-0.2, -0.15) is 5.10 Å². The molecule has 40 heavy (non-hydrogen) atoms. The number of benzene rings is 4. The van der Waals surface area contributed by atoms with Gasteiger partial charge in [0.1, 0.15) is 11.4 Å². The topological polar surface area (TPSA) is 93.5 Å². The highest BCUT2D eigenvalue weighted by Crippen LogP contribution is 2.34. The van der Waals surface area contributed by atoms with Crippen molar-refractivity contribution in [1.29, 1.82) is 0 Å². The third kappa shape index (κ3) is 6.11. The number of hydrogen-bond donors (Lipinski definition) is 2. The molecule has 0 aliphatic carbocycles. The Morgan fingerprint density at radius 2 is 1.55 bits per heavy atom. The van der Waals surface area contributed by atoms with Gasteiger partial charge >= 0.3 is 5.97 Å². The van der Waals surface area contributed by atoms with E-state index >= 15 is 0 Å². The molecule has 1 heterocycles. The van der Waals surface area contributed by atoms with Gasteiger partial charge in [-0.05, 0) is 71.3 Å². The maximum atomic E-state index is 12.3. The van der Waals surface area contributed by atoms with Gasteiger partial charge in [0.2, 0.25) is 0 Å². The van der Waals surface area contributed by atoms with E-state index in [0.29, 0.717) is 22.2 Å². The number of halogens is 2. The van der Waals surface area contributed by atoms with E-state index in [0.717, 1.165) is 44.6 Å². The van der Waals surface area contributed by atoms with Crippen LogP contribution in [-0.4, -0.2) is 40.4 Å². The summed E-state index contributed by atoms with van der Waals surface area (Å²) in [7, 11) is 1.64. The van der Waals surface area contributed by atoms with Crippen LogP contribution in [-0.2, 0) is 11.3 Å². The molecule has 0 saturated heterocycles. The fourth-order valence-electron chi connectivity index (χ4n) is 4.48. The van der Waals surface area contributed by atoms with E-state index in [1.54, 1.807) is 25.3 Å². The SMILES string of the molecule is COc1ccc(-c2ccc3c(-c4cc(Cl)cc(Cl)c4)nn(Cc4ccc(C(=O)NCCC(=O)O)cc4)c3c2)cc1. The van der Waals surface area contributed by atoms with E-state index in [1.807, 2.05) is 59.3 Å². The lowest BCUT2D eigenvalue weighted by Crippen LogP contribution is -2.25. The number of carbonyl (C=O) groups excluding carboxylic acids is 1. The van der Waals surface area contributed by atoms with Crippen LogP contribution >= 0.6 is 23.2 Å². The zero-order valence-electron chi connectivity index (χ0n) is 21.5. The molecule has 0 unspecified atom stereocenters. The molecule has 0 fully saturated rings. The second-order valence-corrected chi connectivity index (χ2v) is 10.1. The number of amides is 1. The molecule has 5 rings (SSSR count). The predicted molar refractivity (Wildman–Crippen MR) is 157 cm³/mol. The number of carbonyl (C=O) groups is 2. The van der Waals surface area contributed by atoms with Crippen LogP contribution in [0, 0.1) is 0 Å². The number of carboxylic acid groups (broad SMARTS) is 1. The predicted octanol–water partition coefficient (Wildman–Crippen LogP) is 6.94. The van der Waals surface area contributed by atoms with Gasteiger partial charge in [-0.1, -0.05) is 53.5 Å². The quantitative estimate of drug-likeness (QED) is 0.199. The van der Waals surface area contributed by atoms with Crippen LogP contribution in [0.25, 0.3) is 33.3 Å². The smallest absolute Gasteiger partial charge is 0.305 e. The lowest BCUT2D eigenvalue weighted by Gasteiger charge is -2.08. The van der Waals surface area contributed by atoms with E-state index in [1.165, 1.54) is 0 Å². The molecule has 4 aromatic carbocycles. The Kier molecular flexibility index (Phi) is 8.05. The van der Waals surface area contributed by atoms with Gasteiger partial charge in [0.25, 0.3) is 5.91 Å². The average Bonchev–Trinajstić information content (AvgIpc) is 3.30. The van der Waals surface area contributed by atoms with Crippen molar-refractivity contribution in [3.05, 3.63) is 106 Å². The normalized spacial score (nSPS) is 11.0. The number of nitrogens with zero attached hydrogens (tertiary/aromatic N) is 2. The van der Waals surface area contributed by atoms with Crippen molar-refractivity contribution in [2.24, 2.45) is 0 Å². The number of carboxylic acids is 1. The summed E-state index contributed by atoms with van der Waals surface area (Å²) in [6.07, 6.45) is -0.130. The number of aromatic nitrogens is 2. The summed E-state index contributed by atoms with van der Waals surface area (Å²) in [6, 6.07) is 26.6. The first-order chi connectivity index (χ1) is 19.3. The first kappa shape index (κ1) is 27.2. The highest BCUT2D eigenvalue weighted by Gasteiger charge is 2.16. The van der Waals surface area contributed by atoms with Crippen molar-refractivity contribution in [2.75, 3.05) is 13.7 Å². The summed E-state index contributed by atoms with van der Waals surface area (Å²) in [4.78, 5) is 23.1. The molecule has 202 valence electrons. The van der Waals surface area contributed by atoms with Gasteiger partial charge in [0, 0.05) is 33.1 Å². The molecular weight excluding hydrogens is 549 g/mol. The summed E-state index contributed by atoms with van der Waals surface area (Å²) in [5, 5.41) is 18.4. The van der Waals surface area contributed by atoms with E-state index in [2.05, 4.69) is 17.4 Å². The third-order valence-corrected chi connectivity index (χ3v) is 6.92. The Bertz CT molecular complexity index is 1680. The van der Waals surface area contributed by atoms with Crippen molar-refractivity contribution in [1.82, 2.24) is 15.1 Å². The van der Waals surface area contributed by atoms with Crippen LogP contribution in [0.1, 0.15) is 22.3 Å². The van der Waals surface area contributed by atoms with Gasteiger partial charge < -0.3 is 15.2 Å². The minimum absolute atomic E-state index is 0.0714. The van der Waals surface area contributed by atoms with Gasteiger partial charge in [-0.15, -0.1) is 0 Å². The Balaban J connectivity index is 1.50. The first-order valence-electron chi connectivity index (χ1n) is 12.5. The fraction of sp³-hybridized carbons (Fsp3) is 0.129. The van der Waals surface area contributed by atoms with E-state index < -0.39 is 5.97 Å². The van der Waals surface area contributed by atoms with Crippen LogP contribution < -0.4 is 10.1 Å². The Labute approximate surface area is 240 Å². The molecule has 0 bridgehead atoms. The van der Waals surface area contributed by atoms with Crippen LogP contribution in [0.15, 0.2) is 84.9 Å². The van der Waals surface area contributed by atoms with Crippen molar-refractivity contribution < 1.29 is 19.4 Å². The van der Waals surface area contributed by atoms with Crippen LogP contribution in [0.5, 0.6) is 5.75 Å². The van der Waals surface area contributed by atoms with Gasteiger partial charge in [0.15, 0.2) is 0 Å². The van der Waals surface area contributed by atoms with Crippen LogP contribution in [0.4, 0.5) is 0 Å². The van der Waals surface area contributed by atoms with Gasteiger partial charge in [-0.3, -0.25) is 14.3 Å². The molecule has 9 heteroatoms. The Hall–Kier alpha value is -4.33. The van der Waals surface area contributed by atoms with E-state index in [9.17, 15) is 9.59 Å². The monoisotopic (exact) mass is 573 g/mol. The van der Waals surface area contributed by atoms with Crippen molar-refractivity contribution in [2.45, 2.75) is 13.0 Å². The molecular formula is C31H25Cl2N3O4. The largest absolute Gasteiger partial charge is 0.497 e. The number of rotatable bonds is 9. The molecule has 2 N–H and O–H groups in total. The summed E-state index contributed by atoms with van der Waals surface area (Å²) < 4.78 is 7.22. The molecule has 7 nitrogen and oxygen atoms in total. The molecule has 1 aromatic heterocycles. The molecule has 0 aliphatic rings. The minimum Gasteiger partial charge on any atom is -0.497 e.